The Balaban J connectivity index is 1.39. The van der Waals surface area contributed by atoms with Gasteiger partial charge in [-0.3, -0.25) is 4.98 Å². The normalized spacial score (nSPS) is 11.7. The summed E-state index contributed by atoms with van der Waals surface area (Å²) >= 11 is 0. The molecule has 0 unspecified atom stereocenters. The van der Waals surface area contributed by atoms with Crippen LogP contribution in [0.15, 0.2) is 140 Å². The van der Waals surface area contributed by atoms with Crippen molar-refractivity contribution in [1.82, 2.24) is 14.1 Å². The SMILES string of the molecule is C=CC=Cc1cncc(-c2ccc(-n3c4ccccc4c4c5ccn(-c6ccccc6)c5ccc43)cc2)c1. The molecule has 0 aliphatic heterocycles. The number of fused-ring (bicyclic) bond motifs is 5. The summed E-state index contributed by atoms with van der Waals surface area (Å²) < 4.78 is 4.64. The van der Waals surface area contributed by atoms with Crippen LogP contribution in [-0.4, -0.2) is 14.1 Å². The van der Waals surface area contributed by atoms with E-state index in [0.29, 0.717) is 0 Å². The van der Waals surface area contributed by atoms with Crippen LogP contribution in [0, 0.1) is 0 Å². The molecule has 0 atom stereocenters. The molecule has 0 bridgehead atoms. The van der Waals surface area contributed by atoms with Gasteiger partial charge in [0, 0.05) is 51.7 Å². The monoisotopic (exact) mass is 487 g/mol. The molecule has 0 spiro atoms. The fourth-order valence-corrected chi connectivity index (χ4v) is 5.47. The van der Waals surface area contributed by atoms with Gasteiger partial charge in [-0.05, 0) is 65.7 Å². The summed E-state index contributed by atoms with van der Waals surface area (Å²) in [6, 6.07) is 36.8. The van der Waals surface area contributed by atoms with E-state index in [0.717, 1.165) is 22.4 Å². The van der Waals surface area contributed by atoms with E-state index in [1.54, 1.807) is 6.08 Å². The average molecular weight is 488 g/mol. The van der Waals surface area contributed by atoms with Gasteiger partial charge in [0.05, 0.1) is 16.6 Å². The number of para-hydroxylation sites is 2. The van der Waals surface area contributed by atoms with Crippen molar-refractivity contribution < 1.29 is 0 Å². The molecule has 0 aliphatic rings. The van der Waals surface area contributed by atoms with Gasteiger partial charge in [0.2, 0.25) is 0 Å². The summed E-state index contributed by atoms with van der Waals surface area (Å²) in [4.78, 5) is 4.43. The molecular formula is C35H25N3. The van der Waals surface area contributed by atoms with E-state index >= 15 is 0 Å². The number of rotatable bonds is 5. The topological polar surface area (TPSA) is 22.8 Å². The minimum atomic E-state index is 1.06. The second-order valence-corrected chi connectivity index (χ2v) is 9.41. The summed E-state index contributed by atoms with van der Waals surface area (Å²) in [6.07, 6.45) is 11.7. The second-order valence-electron chi connectivity index (χ2n) is 9.41. The molecule has 180 valence electrons. The Hall–Kier alpha value is -5.15. The van der Waals surface area contributed by atoms with E-state index in [4.69, 9.17) is 0 Å². The predicted octanol–water partition coefficient (Wildman–Crippen LogP) is 8.99. The Morgan fingerprint density at radius 3 is 2.24 bits per heavy atom. The first-order valence-electron chi connectivity index (χ1n) is 12.8. The fraction of sp³-hybridized carbons (Fsp3) is 0. The van der Waals surface area contributed by atoms with Gasteiger partial charge in [-0.1, -0.05) is 73.3 Å². The van der Waals surface area contributed by atoms with Crippen LogP contribution >= 0.6 is 0 Å². The van der Waals surface area contributed by atoms with Crippen LogP contribution in [0.3, 0.4) is 0 Å². The van der Waals surface area contributed by atoms with Crippen LogP contribution in [0.25, 0.3) is 61.3 Å². The zero-order chi connectivity index (χ0) is 25.5. The van der Waals surface area contributed by atoms with E-state index in [1.807, 2.05) is 24.5 Å². The number of hydrogen-bond acceptors (Lipinski definition) is 1. The van der Waals surface area contributed by atoms with Crippen molar-refractivity contribution in [1.29, 1.82) is 0 Å². The molecule has 4 aromatic carbocycles. The molecule has 0 radical (unpaired) electrons. The van der Waals surface area contributed by atoms with E-state index in [2.05, 4.69) is 130 Å². The number of nitrogens with zero attached hydrogens (tertiary/aromatic N) is 3. The molecule has 0 saturated carbocycles. The number of pyridine rings is 1. The van der Waals surface area contributed by atoms with Gasteiger partial charge in [-0.15, -0.1) is 0 Å². The Labute approximate surface area is 221 Å². The number of hydrogen-bond donors (Lipinski definition) is 0. The number of aromatic nitrogens is 3. The van der Waals surface area contributed by atoms with Gasteiger partial charge in [0.25, 0.3) is 0 Å². The summed E-state index contributed by atoms with van der Waals surface area (Å²) in [6.45, 7) is 3.75. The molecule has 3 heteroatoms. The van der Waals surface area contributed by atoms with E-state index in [-0.39, 0.29) is 0 Å². The zero-order valence-corrected chi connectivity index (χ0v) is 20.8. The van der Waals surface area contributed by atoms with E-state index in [1.165, 1.54) is 38.4 Å². The van der Waals surface area contributed by atoms with Gasteiger partial charge in [0.15, 0.2) is 0 Å². The molecule has 0 saturated heterocycles. The largest absolute Gasteiger partial charge is 0.317 e. The Bertz CT molecular complexity index is 1970. The maximum absolute atomic E-state index is 4.43. The molecule has 38 heavy (non-hydrogen) atoms. The second kappa shape index (κ2) is 9.06. The molecular weight excluding hydrogens is 462 g/mol. The highest BCUT2D eigenvalue weighted by molar-refractivity contribution is 6.21. The first kappa shape index (κ1) is 22.1. The van der Waals surface area contributed by atoms with Crippen molar-refractivity contribution in [2.75, 3.05) is 0 Å². The molecule has 0 aliphatic carbocycles. The maximum Gasteiger partial charge on any atom is 0.0548 e. The van der Waals surface area contributed by atoms with Gasteiger partial charge < -0.3 is 9.13 Å². The van der Waals surface area contributed by atoms with Crippen molar-refractivity contribution >= 4 is 38.8 Å². The van der Waals surface area contributed by atoms with Crippen LogP contribution in [0.5, 0.6) is 0 Å². The van der Waals surface area contributed by atoms with Crippen LogP contribution in [0.4, 0.5) is 0 Å². The summed E-state index contributed by atoms with van der Waals surface area (Å²) in [7, 11) is 0. The average Bonchev–Trinajstić information content (AvgIpc) is 3.56. The van der Waals surface area contributed by atoms with Crippen molar-refractivity contribution in [2.45, 2.75) is 0 Å². The van der Waals surface area contributed by atoms with Gasteiger partial charge in [-0.2, -0.15) is 0 Å². The summed E-state index contributed by atoms with van der Waals surface area (Å²) in [5.41, 5.74) is 9.20. The Morgan fingerprint density at radius 2 is 1.39 bits per heavy atom. The summed E-state index contributed by atoms with van der Waals surface area (Å²) in [5.74, 6) is 0. The number of benzene rings is 4. The zero-order valence-electron chi connectivity index (χ0n) is 20.8. The molecule has 3 heterocycles. The Kier molecular flexibility index (Phi) is 5.26. The van der Waals surface area contributed by atoms with Gasteiger partial charge >= 0.3 is 0 Å². The molecule has 0 amide bonds. The van der Waals surface area contributed by atoms with Crippen LogP contribution < -0.4 is 0 Å². The smallest absolute Gasteiger partial charge is 0.0548 e. The van der Waals surface area contributed by atoms with Crippen molar-refractivity contribution in [3.8, 4) is 22.5 Å². The molecule has 7 aromatic rings. The van der Waals surface area contributed by atoms with Crippen molar-refractivity contribution in [3.63, 3.8) is 0 Å². The van der Waals surface area contributed by atoms with Crippen LogP contribution in [-0.2, 0) is 0 Å². The molecule has 3 nitrogen and oxygen atoms in total. The molecule has 7 rings (SSSR count). The quantitative estimate of drug-likeness (QED) is 0.222. The predicted molar refractivity (Wildman–Crippen MR) is 160 cm³/mol. The molecule has 3 aromatic heterocycles. The minimum absolute atomic E-state index is 1.06. The van der Waals surface area contributed by atoms with Crippen LogP contribution in [0.1, 0.15) is 5.56 Å². The van der Waals surface area contributed by atoms with E-state index in [9.17, 15) is 0 Å². The van der Waals surface area contributed by atoms with E-state index < -0.39 is 0 Å². The third kappa shape index (κ3) is 3.56. The minimum Gasteiger partial charge on any atom is -0.317 e. The fourth-order valence-electron chi connectivity index (χ4n) is 5.47. The Morgan fingerprint density at radius 1 is 0.632 bits per heavy atom. The lowest BCUT2D eigenvalue weighted by Crippen LogP contribution is -1.94. The highest BCUT2D eigenvalue weighted by Crippen LogP contribution is 2.38. The third-order valence-corrected chi connectivity index (χ3v) is 7.18. The molecule has 0 N–H and O–H groups in total. The highest BCUT2D eigenvalue weighted by Gasteiger charge is 2.16. The first-order valence-corrected chi connectivity index (χ1v) is 12.8. The van der Waals surface area contributed by atoms with Crippen molar-refractivity contribution in [3.05, 3.63) is 146 Å². The lowest BCUT2D eigenvalue weighted by molar-refractivity contribution is 1.13. The van der Waals surface area contributed by atoms with Crippen molar-refractivity contribution in [2.24, 2.45) is 0 Å². The first-order chi connectivity index (χ1) is 18.8. The van der Waals surface area contributed by atoms with Gasteiger partial charge in [0.1, 0.15) is 0 Å². The van der Waals surface area contributed by atoms with Gasteiger partial charge in [-0.25, -0.2) is 0 Å². The maximum atomic E-state index is 4.43. The highest BCUT2D eigenvalue weighted by atomic mass is 15.0. The lowest BCUT2D eigenvalue weighted by atomic mass is 10.1. The molecule has 0 fully saturated rings. The third-order valence-electron chi connectivity index (χ3n) is 7.18. The standard InChI is InChI=1S/C35H25N3/c1-2-3-9-25-22-27(24-36-23-25)26-14-16-29(17-15-26)38-33-13-8-7-12-30(33)35-31-20-21-37(28-10-5-4-6-11-28)32(31)18-19-34(35)38/h2-24H,1H2. The lowest BCUT2D eigenvalue weighted by Gasteiger charge is -2.10. The summed E-state index contributed by atoms with van der Waals surface area (Å²) in [5, 5.41) is 3.80. The number of allylic oxidation sites excluding steroid dienone is 2. The van der Waals surface area contributed by atoms with Crippen LogP contribution in [0.2, 0.25) is 0 Å².